The second-order valence-electron chi connectivity index (χ2n) is 5.46. The Balaban J connectivity index is 1.96. The SMILES string of the molecule is O=c1[nH]c(Cc2ccccc2Cl)nc(C2CCCC2)c1Br. The van der Waals surface area contributed by atoms with E-state index in [-0.39, 0.29) is 5.56 Å². The van der Waals surface area contributed by atoms with E-state index in [9.17, 15) is 4.79 Å². The van der Waals surface area contributed by atoms with Crippen molar-refractivity contribution in [3.05, 3.63) is 61.2 Å². The normalized spacial score (nSPS) is 15.5. The van der Waals surface area contributed by atoms with Gasteiger partial charge in [0.2, 0.25) is 0 Å². The molecule has 0 saturated heterocycles. The Morgan fingerprint density at radius 2 is 2.00 bits per heavy atom. The van der Waals surface area contributed by atoms with Crippen LogP contribution in [0.25, 0.3) is 0 Å². The molecule has 5 heteroatoms. The van der Waals surface area contributed by atoms with Gasteiger partial charge in [-0.05, 0) is 40.4 Å². The van der Waals surface area contributed by atoms with Gasteiger partial charge in [-0.3, -0.25) is 4.79 Å². The summed E-state index contributed by atoms with van der Waals surface area (Å²) in [6, 6.07) is 7.65. The molecule has 3 nitrogen and oxygen atoms in total. The van der Waals surface area contributed by atoms with Crippen molar-refractivity contribution in [2.45, 2.75) is 38.0 Å². The fourth-order valence-electron chi connectivity index (χ4n) is 2.90. The minimum atomic E-state index is -0.103. The molecule has 1 saturated carbocycles. The molecule has 1 heterocycles. The monoisotopic (exact) mass is 366 g/mol. The number of hydrogen-bond donors (Lipinski definition) is 1. The molecular formula is C16H16BrClN2O. The molecule has 0 atom stereocenters. The van der Waals surface area contributed by atoms with Crippen molar-refractivity contribution < 1.29 is 0 Å². The zero-order valence-electron chi connectivity index (χ0n) is 11.5. The van der Waals surface area contributed by atoms with Crippen molar-refractivity contribution in [2.75, 3.05) is 0 Å². The van der Waals surface area contributed by atoms with Crippen molar-refractivity contribution >= 4 is 27.5 Å². The van der Waals surface area contributed by atoms with E-state index in [1.165, 1.54) is 12.8 Å². The van der Waals surface area contributed by atoms with Crippen LogP contribution in [0.2, 0.25) is 5.02 Å². The lowest BCUT2D eigenvalue weighted by atomic mass is 10.0. The summed E-state index contributed by atoms with van der Waals surface area (Å²) in [5.41, 5.74) is 1.77. The summed E-state index contributed by atoms with van der Waals surface area (Å²) >= 11 is 9.58. The molecule has 1 fully saturated rings. The third kappa shape index (κ3) is 3.22. The number of aromatic amines is 1. The fraction of sp³-hybridized carbons (Fsp3) is 0.375. The molecule has 110 valence electrons. The van der Waals surface area contributed by atoms with Gasteiger partial charge in [0.05, 0.1) is 5.69 Å². The third-order valence-electron chi connectivity index (χ3n) is 4.00. The van der Waals surface area contributed by atoms with E-state index in [1.807, 2.05) is 24.3 Å². The number of aromatic nitrogens is 2. The van der Waals surface area contributed by atoms with E-state index in [0.29, 0.717) is 27.7 Å². The highest BCUT2D eigenvalue weighted by Gasteiger charge is 2.23. The number of rotatable bonds is 3. The average Bonchev–Trinajstić information content (AvgIpc) is 2.99. The molecule has 2 aromatic rings. The largest absolute Gasteiger partial charge is 0.309 e. The number of H-pyrrole nitrogens is 1. The Kier molecular flexibility index (Phi) is 4.45. The lowest BCUT2D eigenvalue weighted by Gasteiger charge is -2.12. The van der Waals surface area contributed by atoms with Crippen LogP contribution in [0.1, 0.15) is 48.7 Å². The Labute approximate surface area is 136 Å². The van der Waals surface area contributed by atoms with Gasteiger partial charge in [0.25, 0.3) is 5.56 Å². The van der Waals surface area contributed by atoms with Gasteiger partial charge in [-0.1, -0.05) is 42.6 Å². The van der Waals surface area contributed by atoms with Crippen LogP contribution in [0.3, 0.4) is 0 Å². The quantitative estimate of drug-likeness (QED) is 0.872. The van der Waals surface area contributed by atoms with Crippen LogP contribution in [0.4, 0.5) is 0 Å². The molecule has 1 aliphatic carbocycles. The first-order valence-electron chi connectivity index (χ1n) is 7.17. The van der Waals surface area contributed by atoms with Gasteiger partial charge in [0, 0.05) is 17.4 Å². The highest BCUT2D eigenvalue weighted by atomic mass is 79.9. The Hall–Kier alpha value is -1.13. The highest BCUT2D eigenvalue weighted by Crippen LogP contribution is 2.35. The van der Waals surface area contributed by atoms with Crippen molar-refractivity contribution in [1.29, 1.82) is 0 Å². The number of halogens is 2. The topological polar surface area (TPSA) is 45.8 Å². The van der Waals surface area contributed by atoms with Gasteiger partial charge in [0.15, 0.2) is 0 Å². The smallest absolute Gasteiger partial charge is 0.265 e. The summed E-state index contributed by atoms with van der Waals surface area (Å²) in [7, 11) is 0. The zero-order valence-corrected chi connectivity index (χ0v) is 13.9. The lowest BCUT2D eigenvalue weighted by Crippen LogP contribution is -2.17. The van der Waals surface area contributed by atoms with Gasteiger partial charge < -0.3 is 4.98 Å². The molecule has 0 amide bonds. The number of nitrogens with one attached hydrogen (secondary N) is 1. The molecule has 0 bridgehead atoms. The summed E-state index contributed by atoms with van der Waals surface area (Å²) in [5, 5.41) is 0.700. The molecular weight excluding hydrogens is 352 g/mol. The summed E-state index contributed by atoms with van der Waals surface area (Å²) in [5.74, 6) is 1.07. The molecule has 0 unspecified atom stereocenters. The maximum absolute atomic E-state index is 12.1. The minimum absolute atomic E-state index is 0.103. The van der Waals surface area contributed by atoms with Gasteiger partial charge >= 0.3 is 0 Å². The molecule has 1 aromatic carbocycles. The van der Waals surface area contributed by atoms with E-state index >= 15 is 0 Å². The summed E-state index contributed by atoms with van der Waals surface area (Å²) in [6.45, 7) is 0. The summed E-state index contributed by atoms with van der Waals surface area (Å²) in [4.78, 5) is 19.7. The predicted molar refractivity (Wildman–Crippen MR) is 88.0 cm³/mol. The maximum Gasteiger partial charge on any atom is 0.265 e. The molecule has 0 aliphatic heterocycles. The van der Waals surface area contributed by atoms with Crippen LogP contribution in [0.15, 0.2) is 33.5 Å². The number of benzene rings is 1. The van der Waals surface area contributed by atoms with Crippen LogP contribution >= 0.6 is 27.5 Å². The van der Waals surface area contributed by atoms with Gasteiger partial charge in [-0.15, -0.1) is 0 Å². The Bertz CT molecular complexity index is 708. The van der Waals surface area contributed by atoms with Crippen LogP contribution < -0.4 is 5.56 Å². The van der Waals surface area contributed by atoms with Gasteiger partial charge in [-0.2, -0.15) is 0 Å². The first-order chi connectivity index (χ1) is 10.1. The standard InChI is InChI=1S/C16H16BrClN2O/c17-14-15(10-5-1-2-6-10)19-13(20-16(14)21)9-11-7-3-4-8-12(11)18/h3-4,7-8,10H,1-2,5-6,9H2,(H,19,20,21). The third-order valence-corrected chi connectivity index (χ3v) is 5.13. The first kappa shape index (κ1) is 14.8. The van der Waals surface area contributed by atoms with Crippen LogP contribution in [-0.4, -0.2) is 9.97 Å². The van der Waals surface area contributed by atoms with Gasteiger partial charge in [0.1, 0.15) is 10.3 Å². The zero-order chi connectivity index (χ0) is 14.8. The Morgan fingerprint density at radius 1 is 1.29 bits per heavy atom. The molecule has 1 aliphatic rings. The second-order valence-corrected chi connectivity index (χ2v) is 6.66. The summed E-state index contributed by atoms with van der Waals surface area (Å²) in [6.07, 6.45) is 5.19. The average molecular weight is 368 g/mol. The predicted octanol–water partition coefficient (Wildman–Crippen LogP) is 4.43. The van der Waals surface area contributed by atoms with E-state index in [1.54, 1.807) is 0 Å². The molecule has 1 aromatic heterocycles. The van der Waals surface area contributed by atoms with Crippen molar-refractivity contribution in [2.24, 2.45) is 0 Å². The van der Waals surface area contributed by atoms with Crippen LogP contribution in [0, 0.1) is 0 Å². The first-order valence-corrected chi connectivity index (χ1v) is 8.34. The molecule has 3 rings (SSSR count). The fourth-order valence-corrected chi connectivity index (χ4v) is 3.61. The second kappa shape index (κ2) is 6.32. The van der Waals surface area contributed by atoms with E-state index in [4.69, 9.17) is 16.6 Å². The maximum atomic E-state index is 12.1. The lowest BCUT2D eigenvalue weighted by molar-refractivity contribution is 0.677. The highest BCUT2D eigenvalue weighted by molar-refractivity contribution is 9.10. The number of nitrogens with zero attached hydrogens (tertiary/aromatic N) is 1. The Morgan fingerprint density at radius 3 is 2.71 bits per heavy atom. The van der Waals surface area contributed by atoms with Crippen molar-refractivity contribution in [3.63, 3.8) is 0 Å². The van der Waals surface area contributed by atoms with Gasteiger partial charge in [-0.25, -0.2) is 4.98 Å². The summed E-state index contributed by atoms with van der Waals surface area (Å²) < 4.78 is 0.581. The number of hydrogen-bond acceptors (Lipinski definition) is 2. The van der Waals surface area contributed by atoms with Crippen molar-refractivity contribution in [1.82, 2.24) is 9.97 Å². The van der Waals surface area contributed by atoms with E-state index < -0.39 is 0 Å². The molecule has 0 radical (unpaired) electrons. The molecule has 1 N–H and O–H groups in total. The van der Waals surface area contributed by atoms with Crippen LogP contribution in [-0.2, 0) is 6.42 Å². The molecule has 21 heavy (non-hydrogen) atoms. The molecule has 0 spiro atoms. The minimum Gasteiger partial charge on any atom is -0.309 e. The van der Waals surface area contributed by atoms with E-state index in [0.717, 1.165) is 24.1 Å². The van der Waals surface area contributed by atoms with Crippen LogP contribution in [0.5, 0.6) is 0 Å². The van der Waals surface area contributed by atoms with E-state index in [2.05, 4.69) is 20.9 Å². The van der Waals surface area contributed by atoms with Crippen molar-refractivity contribution in [3.8, 4) is 0 Å².